The minimum atomic E-state index is -4.55. The van der Waals surface area contributed by atoms with E-state index < -0.39 is 35.5 Å². The molecule has 2 aromatic rings. The smallest absolute Gasteiger partial charge is 0.416 e. The van der Waals surface area contributed by atoms with Crippen molar-refractivity contribution in [1.82, 2.24) is 9.55 Å². The Labute approximate surface area is 189 Å². The number of amides is 1. The summed E-state index contributed by atoms with van der Waals surface area (Å²) in [6.45, 7) is 5.54. The van der Waals surface area contributed by atoms with Gasteiger partial charge in [0.1, 0.15) is 11.6 Å². The Hall–Kier alpha value is -3.24. The highest BCUT2D eigenvalue weighted by atomic mass is 19.4. The largest absolute Gasteiger partial charge is 0.484 e. The molecular weight excluding hydrogens is 441 g/mol. The zero-order valence-corrected chi connectivity index (χ0v) is 18.9. The number of unbranched alkanes of at least 4 members (excludes halogenated alkanes) is 1. The molecule has 1 amide bonds. The molecule has 0 spiro atoms. The van der Waals surface area contributed by atoms with Crippen LogP contribution in [0.2, 0.25) is 0 Å². The topological polar surface area (TPSA) is 110 Å². The fourth-order valence-corrected chi connectivity index (χ4v) is 3.11. The van der Waals surface area contributed by atoms with E-state index in [-0.39, 0.29) is 36.3 Å². The second-order valence-corrected chi connectivity index (χ2v) is 8.04. The van der Waals surface area contributed by atoms with Gasteiger partial charge >= 0.3 is 11.9 Å². The molecule has 3 N–H and O–H groups in total. The quantitative estimate of drug-likeness (QED) is 0.553. The Morgan fingerprint density at radius 3 is 2.58 bits per heavy atom. The molecule has 0 fully saturated rings. The maximum Gasteiger partial charge on any atom is 0.416 e. The number of hydrogen-bond acceptors (Lipinski definition) is 5. The van der Waals surface area contributed by atoms with Gasteiger partial charge < -0.3 is 15.4 Å². The lowest BCUT2D eigenvalue weighted by atomic mass is 10.1. The third-order valence-electron chi connectivity index (χ3n) is 4.97. The number of aromatic amines is 1. The van der Waals surface area contributed by atoms with Crippen molar-refractivity contribution < 1.29 is 22.7 Å². The average molecular weight is 470 g/mol. The predicted octanol–water partition coefficient (Wildman–Crippen LogP) is 3.40. The zero-order chi connectivity index (χ0) is 24.8. The van der Waals surface area contributed by atoms with Crippen molar-refractivity contribution >= 4 is 17.4 Å². The second-order valence-electron chi connectivity index (χ2n) is 8.04. The van der Waals surface area contributed by atoms with Gasteiger partial charge in [-0.05, 0) is 37.0 Å². The summed E-state index contributed by atoms with van der Waals surface area (Å²) < 4.78 is 45.3. The molecule has 0 bridgehead atoms. The van der Waals surface area contributed by atoms with Crippen molar-refractivity contribution in [2.24, 2.45) is 5.92 Å². The summed E-state index contributed by atoms with van der Waals surface area (Å²) >= 11 is 0. The average Bonchev–Trinajstić information content (AvgIpc) is 2.73. The zero-order valence-electron chi connectivity index (χ0n) is 18.9. The number of nitrogens with two attached hydrogens (primary N) is 1. The summed E-state index contributed by atoms with van der Waals surface area (Å²) in [4.78, 5) is 41.1. The summed E-state index contributed by atoms with van der Waals surface area (Å²) in [6, 6.07) is 4.15. The van der Waals surface area contributed by atoms with Gasteiger partial charge in [0.25, 0.3) is 11.5 Å². The number of benzene rings is 1. The number of aromatic nitrogens is 2. The Bertz CT molecular complexity index is 1080. The van der Waals surface area contributed by atoms with E-state index in [2.05, 4.69) is 4.98 Å². The molecule has 0 saturated carbocycles. The number of nitrogens with zero attached hydrogens (tertiary/aromatic N) is 2. The van der Waals surface area contributed by atoms with E-state index in [9.17, 15) is 27.6 Å². The molecule has 2 rings (SSSR count). The first-order valence-electron chi connectivity index (χ1n) is 10.7. The highest BCUT2D eigenvalue weighted by molar-refractivity contribution is 5.96. The molecule has 1 heterocycles. The van der Waals surface area contributed by atoms with Gasteiger partial charge in [-0.15, -0.1) is 0 Å². The standard InChI is InChI=1S/C22H29F3N4O4/c1-4-5-10-29-19(26)18(20(31)27-21(29)32)28(11-9-14(2)3)17(30)13-33-16-8-6-7-15(12-16)22(23,24)25/h6-8,12,14H,4-5,9-11,13,26H2,1-3H3,(H,27,31,32). The van der Waals surface area contributed by atoms with Crippen LogP contribution in [0, 0.1) is 5.92 Å². The molecular formula is C22H29F3N4O4. The first-order valence-corrected chi connectivity index (χ1v) is 10.7. The predicted molar refractivity (Wildman–Crippen MR) is 119 cm³/mol. The molecule has 0 saturated heterocycles. The first kappa shape index (κ1) is 26.0. The molecule has 8 nitrogen and oxygen atoms in total. The summed E-state index contributed by atoms with van der Waals surface area (Å²) in [6.07, 6.45) is -2.63. The molecule has 0 atom stereocenters. The van der Waals surface area contributed by atoms with Crippen molar-refractivity contribution in [3.8, 4) is 5.75 Å². The minimum Gasteiger partial charge on any atom is -0.484 e. The van der Waals surface area contributed by atoms with E-state index in [1.807, 2.05) is 20.8 Å². The van der Waals surface area contributed by atoms with Gasteiger partial charge in [0.05, 0.1) is 5.56 Å². The Balaban J connectivity index is 2.36. The highest BCUT2D eigenvalue weighted by Gasteiger charge is 2.31. The van der Waals surface area contributed by atoms with E-state index in [0.29, 0.717) is 12.8 Å². The summed E-state index contributed by atoms with van der Waals surface area (Å²) in [7, 11) is 0. The van der Waals surface area contributed by atoms with E-state index in [1.54, 1.807) is 0 Å². The molecule has 1 aromatic heterocycles. The van der Waals surface area contributed by atoms with Gasteiger partial charge in [-0.1, -0.05) is 33.3 Å². The van der Waals surface area contributed by atoms with E-state index >= 15 is 0 Å². The maximum atomic E-state index is 13.0. The number of nitrogen functional groups attached to an aromatic ring is 1. The lowest BCUT2D eigenvalue weighted by molar-refractivity contribution is -0.137. The number of rotatable bonds is 10. The first-order chi connectivity index (χ1) is 15.5. The van der Waals surface area contributed by atoms with Crippen LogP contribution in [0.3, 0.4) is 0 Å². The van der Waals surface area contributed by atoms with Crippen LogP contribution in [0.15, 0.2) is 33.9 Å². The third-order valence-corrected chi connectivity index (χ3v) is 4.97. The summed E-state index contributed by atoms with van der Waals surface area (Å²) in [5, 5.41) is 0. The summed E-state index contributed by atoms with van der Waals surface area (Å²) in [5.74, 6) is -0.785. The lowest BCUT2D eigenvalue weighted by Gasteiger charge is -2.25. The Morgan fingerprint density at radius 2 is 1.97 bits per heavy atom. The molecule has 0 unspecified atom stereocenters. The van der Waals surface area contributed by atoms with Gasteiger partial charge in [-0.25, -0.2) is 4.79 Å². The molecule has 11 heteroatoms. The maximum absolute atomic E-state index is 13.0. The SMILES string of the molecule is CCCCn1c(N)c(N(CCC(C)C)C(=O)COc2cccc(C(F)(F)F)c2)c(=O)[nH]c1=O. The van der Waals surface area contributed by atoms with Crippen LogP contribution in [0.4, 0.5) is 24.7 Å². The van der Waals surface area contributed by atoms with Crippen molar-refractivity contribution in [3.05, 3.63) is 50.7 Å². The fraction of sp³-hybridized carbons (Fsp3) is 0.500. The number of halogens is 3. The molecule has 0 radical (unpaired) electrons. The van der Waals surface area contributed by atoms with Gasteiger partial charge in [0.15, 0.2) is 12.3 Å². The minimum absolute atomic E-state index is 0.113. The number of carbonyl (C=O) groups excluding carboxylic acids is 1. The van der Waals surface area contributed by atoms with Crippen LogP contribution in [0.5, 0.6) is 5.75 Å². The van der Waals surface area contributed by atoms with Crippen LogP contribution in [0.25, 0.3) is 0 Å². The van der Waals surface area contributed by atoms with Crippen molar-refractivity contribution in [2.45, 2.75) is 52.8 Å². The van der Waals surface area contributed by atoms with Crippen molar-refractivity contribution in [3.63, 3.8) is 0 Å². The lowest BCUT2D eigenvalue weighted by Crippen LogP contribution is -2.43. The second kappa shape index (κ2) is 11.1. The Morgan fingerprint density at radius 1 is 1.27 bits per heavy atom. The number of carbonyl (C=O) groups is 1. The van der Waals surface area contributed by atoms with Crippen molar-refractivity contribution in [2.75, 3.05) is 23.8 Å². The number of H-pyrrole nitrogens is 1. The fourth-order valence-electron chi connectivity index (χ4n) is 3.11. The molecule has 0 aliphatic heterocycles. The molecule has 33 heavy (non-hydrogen) atoms. The third kappa shape index (κ3) is 6.87. The normalized spacial score (nSPS) is 11.6. The molecule has 0 aliphatic carbocycles. The number of alkyl halides is 3. The summed E-state index contributed by atoms with van der Waals surface area (Å²) in [5.41, 5.74) is 3.55. The highest BCUT2D eigenvalue weighted by Crippen LogP contribution is 2.31. The molecule has 0 aliphatic rings. The van der Waals surface area contributed by atoms with E-state index in [0.717, 1.165) is 23.5 Å². The van der Waals surface area contributed by atoms with Gasteiger partial charge in [0.2, 0.25) is 0 Å². The van der Waals surface area contributed by atoms with Crippen LogP contribution in [-0.4, -0.2) is 28.6 Å². The number of hydrogen-bond donors (Lipinski definition) is 2. The van der Waals surface area contributed by atoms with Crippen molar-refractivity contribution in [1.29, 1.82) is 0 Å². The van der Waals surface area contributed by atoms with E-state index in [1.165, 1.54) is 16.7 Å². The van der Waals surface area contributed by atoms with Crippen LogP contribution in [0.1, 0.15) is 45.6 Å². The van der Waals surface area contributed by atoms with Gasteiger partial charge in [-0.2, -0.15) is 13.2 Å². The van der Waals surface area contributed by atoms with Gasteiger partial charge in [0, 0.05) is 13.1 Å². The van der Waals surface area contributed by atoms with Crippen LogP contribution in [-0.2, 0) is 17.5 Å². The van der Waals surface area contributed by atoms with E-state index in [4.69, 9.17) is 10.5 Å². The molecule has 182 valence electrons. The number of ether oxygens (including phenoxy) is 1. The van der Waals surface area contributed by atoms with Crippen LogP contribution < -0.4 is 26.6 Å². The number of anilines is 2. The monoisotopic (exact) mass is 470 g/mol. The Kier molecular flexibility index (Phi) is 8.72. The molecule has 1 aromatic carbocycles. The van der Waals surface area contributed by atoms with Gasteiger partial charge in [-0.3, -0.25) is 19.1 Å². The van der Waals surface area contributed by atoms with Crippen LogP contribution >= 0.6 is 0 Å². The number of nitrogens with one attached hydrogen (secondary N) is 1.